The van der Waals surface area contributed by atoms with Crippen molar-refractivity contribution in [3.63, 3.8) is 0 Å². The lowest BCUT2D eigenvalue weighted by Gasteiger charge is -2.13. The van der Waals surface area contributed by atoms with E-state index in [4.69, 9.17) is 5.11 Å². The van der Waals surface area contributed by atoms with E-state index in [1.807, 2.05) is 30.3 Å². The first-order valence-corrected chi connectivity index (χ1v) is 6.43. The summed E-state index contributed by atoms with van der Waals surface area (Å²) in [5.41, 5.74) is 3.02. The van der Waals surface area contributed by atoms with Gasteiger partial charge in [0.1, 0.15) is 11.4 Å². The lowest BCUT2D eigenvalue weighted by atomic mass is 10.1. The van der Waals surface area contributed by atoms with Gasteiger partial charge in [-0.15, -0.1) is 11.3 Å². The van der Waals surface area contributed by atoms with Crippen molar-refractivity contribution >= 4 is 23.2 Å². The van der Waals surface area contributed by atoms with Gasteiger partial charge in [-0.2, -0.15) is 0 Å². The molecule has 0 spiro atoms. The first kappa shape index (κ1) is 13.2. The fraction of sp³-hybridized carbons (Fsp3) is 0.154. The summed E-state index contributed by atoms with van der Waals surface area (Å²) in [5.74, 6) is -1.37. The van der Waals surface area contributed by atoms with Crippen molar-refractivity contribution in [1.29, 1.82) is 0 Å². The van der Waals surface area contributed by atoms with Gasteiger partial charge in [-0.05, 0) is 0 Å². The van der Waals surface area contributed by atoms with Crippen LogP contribution in [0.15, 0.2) is 35.8 Å². The van der Waals surface area contributed by atoms with Crippen molar-refractivity contribution in [1.82, 2.24) is 9.88 Å². The second kappa shape index (κ2) is 5.62. The minimum Gasteiger partial charge on any atom is -0.480 e. The van der Waals surface area contributed by atoms with Crippen LogP contribution in [0.5, 0.6) is 0 Å². The molecule has 0 radical (unpaired) electrons. The van der Waals surface area contributed by atoms with E-state index in [1.165, 1.54) is 23.3 Å². The maximum Gasteiger partial charge on any atom is 0.323 e. The average Bonchev–Trinajstić information content (AvgIpc) is 2.87. The monoisotopic (exact) mass is 276 g/mol. The van der Waals surface area contributed by atoms with Crippen LogP contribution in [0.3, 0.4) is 0 Å². The molecule has 1 aromatic carbocycles. The highest BCUT2D eigenvalue weighted by molar-refractivity contribution is 7.12. The zero-order chi connectivity index (χ0) is 13.8. The number of carboxylic acids is 1. The van der Waals surface area contributed by atoms with Gasteiger partial charge >= 0.3 is 5.97 Å². The molecule has 19 heavy (non-hydrogen) atoms. The summed E-state index contributed by atoms with van der Waals surface area (Å²) >= 11 is 1.21. The van der Waals surface area contributed by atoms with E-state index in [-0.39, 0.29) is 12.5 Å². The third kappa shape index (κ3) is 2.97. The van der Waals surface area contributed by atoms with E-state index in [1.54, 1.807) is 5.51 Å². The van der Waals surface area contributed by atoms with Crippen LogP contribution in [-0.4, -0.2) is 40.5 Å². The van der Waals surface area contributed by atoms with Crippen molar-refractivity contribution in [2.24, 2.45) is 0 Å². The predicted octanol–water partition coefficient (Wildman–Crippen LogP) is 1.97. The molecule has 0 unspecified atom stereocenters. The normalized spacial score (nSPS) is 10.2. The summed E-state index contributed by atoms with van der Waals surface area (Å²) in [5, 5.41) is 8.71. The molecule has 1 heterocycles. The van der Waals surface area contributed by atoms with Crippen LogP contribution in [-0.2, 0) is 4.79 Å². The van der Waals surface area contributed by atoms with E-state index in [9.17, 15) is 9.59 Å². The highest BCUT2D eigenvalue weighted by Crippen LogP contribution is 2.26. The van der Waals surface area contributed by atoms with E-state index >= 15 is 0 Å². The first-order chi connectivity index (χ1) is 9.09. The van der Waals surface area contributed by atoms with Gasteiger partial charge < -0.3 is 10.0 Å². The van der Waals surface area contributed by atoms with Gasteiger partial charge in [0.05, 0.1) is 11.2 Å². The molecule has 6 heteroatoms. The van der Waals surface area contributed by atoms with Crippen molar-refractivity contribution in [3.05, 3.63) is 40.7 Å². The maximum atomic E-state index is 12.2. The maximum absolute atomic E-state index is 12.2. The second-order valence-corrected chi connectivity index (χ2v) is 4.81. The molecule has 98 valence electrons. The summed E-state index contributed by atoms with van der Waals surface area (Å²) in [6.45, 7) is -0.328. The van der Waals surface area contributed by atoms with E-state index < -0.39 is 5.97 Å². The fourth-order valence-electron chi connectivity index (χ4n) is 1.65. The molecule has 1 N–H and O–H groups in total. The van der Waals surface area contributed by atoms with Crippen LogP contribution < -0.4 is 0 Å². The molecule has 0 atom stereocenters. The van der Waals surface area contributed by atoms with Crippen LogP contribution in [0.1, 0.15) is 9.67 Å². The smallest absolute Gasteiger partial charge is 0.323 e. The molecule has 0 fully saturated rings. The Hall–Kier alpha value is -2.21. The summed E-state index contributed by atoms with van der Waals surface area (Å²) in [6, 6.07) is 9.34. The number of aliphatic carboxylic acids is 1. The number of carbonyl (C=O) groups excluding carboxylic acids is 1. The van der Waals surface area contributed by atoms with Gasteiger partial charge in [0.25, 0.3) is 5.91 Å². The van der Waals surface area contributed by atoms with Crippen molar-refractivity contribution in [3.8, 4) is 11.3 Å². The Morgan fingerprint density at radius 1 is 1.32 bits per heavy atom. The topological polar surface area (TPSA) is 70.5 Å². The number of aromatic nitrogens is 1. The third-order valence-electron chi connectivity index (χ3n) is 2.53. The van der Waals surface area contributed by atoms with Gasteiger partial charge in [-0.25, -0.2) is 4.98 Å². The molecule has 0 aliphatic carbocycles. The zero-order valence-electron chi connectivity index (χ0n) is 10.2. The Morgan fingerprint density at radius 3 is 2.63 bits per heavy atom. The molecule has 5 nitrogen and oxygen atoms in total. The van der Waals surface area contributed by atoms with Crippen LogP contribution in [0, 0.1) is 0 Å². The van der Waals surface area contributed by atoms with Gasteiger partial charge in [0.2, 0.25) is 0 Å². The Bertz CT molecular complexity index is 595. The molecule has 0 bridgehead atoms. The fourth-order valence-corrected chi connectivity index (χ4v) is 2.45. The van der Waals surface area contributed by atoms with Crippen molar-refractivity contribution in [2.45, 2.75) is 0 Å². The number of hydrogen-bond donors (Lipinski definition) is 1. The lowest BCUT2D eigenvalue weighted by molar-refractivity contribution is -0.137. The average molecular weight is 276 g/mol. The van der Waals surface area contributed by atoms with Crippen LogP contribution in [0.25, 0.3) is 11.3 Å². The van der Waals surface area contributed by atoms with E-state index in [0.29, 0.717) is 10.6 Å². The number of carboxylic acid groups (broad SMARTS) is 1. The molecule has 1 amide bonds. The molecule has 2 rings (SSSR count). The number of rotatable bonds is 4. The largest absolute Gasteiger partial charge is 0.480 e. The van der Waals surface area contributed by atoms with Crippen LogP contribution in [0.4, 0.5) is 0 Å². The Morgan fingerprint density at radius 2 is 2.00 bits per heavy atom. The minimum atomic E-state index is -1.04. The second-order valence-electron chi connectivity index (χ2n) is 3.95. The summed E-state index contributed by atoms with van der Waals surface area (Å²) in [7, 11) is 1.46. The summed E-state index contributed by atoms with van der Waals surface area (Å²) < 4.78 is 0. The molecule has 0 aliphatic heterocycles. The highest BCUT2D eigenvalue weighted by Gasteiger charge is 2.20. The highest BCUT2D eigenvalue weighted by atomic mass is 32.1. The Balaban J connectivity index is 2.30. The molecule has 2 aromatic rings. The van der Waals surface area contributed by atoms with Gasteiger partial charge in [0.15, 0.2) is 0 Å². The number of nitrogens with zero attached hydrogens (tertiary/aromatic N) is 2. The lowest BCUT2D eigenvalue weighted by Crippen LogP contribution is -2.31. The number of likely N-dealkylation sites (N-methyl/N-ethyl adjacent to an activating group) is 1. The SMILES string of the molecule is CN(CC(=O)O)C(=O)c1scnc1-c1ccccc1. The van der Waals surface area contributed by atoms with Gasteiger partial charge in [0, 0.05) is 12.6 Å². The Labute approximate surface area is 114 Å². The van der Waals surface area contributed by atoms with E-state index in [2.05, 4.69) is 4.98 Å². The quantitative estimate of drug-likeness (QED) is 0.926. The van der Waals surface area contributed by atoms with E-state index in [0.717, 1.165) is 5.56 Å². The number of carbonyl (C=O) groups is 2. The standard InChI is InChI=1S/C13H12N2O3S/c1-15(7-10(16)17)13(18)12-11(14-8-19-12)9-5-3-2-4-6-9/h2-6,8H,7H2,1H3,(H,16,17). The minimum absolute atomic E-state index is 0.328. The Kier molecular flexibility index (Phi) is 3.91. The molecule has 0 aliphatic rings. The molecule has 1 aromatic heterocycles. The predicted molar refractivity (Wildman–Crippen MR) is 72.1 cm³/mol. The molecule has 0 saturated heterocycles. The molecular formula is C13H12N2O3S. The first-order valence-electron chi connectivity index (χ1n) is 5.55. The van der Waals surface area contributed by atoms with Crippen molar-refractivity contribution in [2.75, 3.05) is 13.6 Å². The zero-order valence-corrected chi connectivity index (χ0v) is 11.1. The van der Waals surface area contributed by atoms with Gasteiger partial charge in [-0.1, -0.05) is 30.3 Å². The van der Waals surface area contributed by atoms with Crippen LogP contribution in [0.2, 0.25) is 0 Å². The number of benzene rings is 1. The number of hydrogen-bond acceptors (Lipinski definition) is 4. The summed E-state index contributed by atoms with van der Waals surface area (Å²) in [6.07, 6.45) is 0. The number of thiazole rings is 1. The van der Waals surface area contributed by atoms with Gasteiger partial charge in [-0.3, -0.25) is 9.59 Å². The molecular weight excluding hydrogens is 264 g/mol. The molecule has 0 saturated carbocycles. The number of amides is 1. The van der Waals surface area contributed by atoms with Crippen molar-refractivity contribution < 1.29 is 14.7 Å². The third-order valence-corrected chi connectivity index (χ3v) is 3.34. The summed E-state index contributed by atoms with van der Waals surface area (Å²) in [4.78, 5) is 28.6. The van der Waals surface area contributed by atoms with Crippen LogP contribution >= 0.6 is 11.3 Å².